The number of ether oxygens (including phenoxy) is 3. The van der Waals surface area contributed by atoms with E-state index >= 15 is 0 Å². The number of hydrogen-bond donors (Lipinski definition) is 0. The summed E-state index contributed by atoms with van der Waals surface area (Å²) in [5.41, 5.74) is 0. The van der Waals surface area contributed by atoms with Crippen LogP contribution in [0.1, 0.15) is 232 Å². The van der Waals surface area contributed by atoms with Crippen LogP contribution in [0.25, 0.3) is 0 Å². The lowest BCUT2D eigenvalue weighted by Gasteiger charge is -2.34. The van der Waals surface area contributed by atoms with Gasteiger partial charge in [0, 0.05) is 19.3 Å². The van der Waals surface area contributed by atoms with Gasteiger partial charge in [0.2, 0.25) is 0 Å². The molecular formula is C55H99NO7. The van der Waals surface area contributed by atoms with Crippen LogP contribution < -0.4 is 5.11 Å². The summed E-state index contributed by atoms with van der Waals surface area (Å²) < 4.78 is 17.2. The topological polar surface area (TPSA) is 102 Å². The Labute approximate surface area is 388 Å². The van der Waals surface area contributed by atoms with Crippen LogP contribution in [-0.4, -0.2) is 75.5 Å². The number of carboxylic acid groups (broad SMARTS) is 1. The zero-order chi connectivity index (χ0) is 46.3. The highest BCUT2D eigenvalue weighted by atomic mass is 16.6. The minimum absolute atomic E-state index is 0.0290. The van der Waals surface area contributed by atoms with Crippen molar-refractivity contribution < 1.29 is 38.2 Å². The van der Waals surface area contributed by atoms with Gasteiger partial charge in [-0.1, -0.05) is 210 Å². The number of likely N-dealkylation sites (N-methyl/N-ethyl adjacent to an activating group) is 1. The van der Waals surface area contributed by atoms with Gasteiger partial charge in [-0.2, -0.15) is 0 Å². The lowest BCUT2D eigenvalue weighted by Crippen LogP contribution is -2.55. The number of carbonyl (C=O) groups is 3. The number of carboxylic acids is 1. The maximum atomic E-state index is 12.8. The fraction of sp³-hybridized carbons (Fsp3) is 0.800. The summed E-state index contributed by atoms with van der Waals surface area (Å²) in [6, 6.07) is -0.732. The second kappa shape index (κ2) is 45.8. The number of nitrogens with zero attached hydrogens (tertiary/aromatic N) is 1. The van der Waals surface area contributed by atoms with Gasteiger partial charge in [-0.25, -0.2) is 0 Å². The van der Waals surface area contributed by atoms with Crippen molar-refractivity contribution in [2.75, 3.05) is 41.0 Å². The Kier molecular flexibility index (Phi) is 43.9. The van der Waals surface area contributed by atoms with Crippen LogP contribution in [0, 0.1) is 0 Å². The molecule has 0 aromatic heterocycles. The zero-order valence-electron chi connectivity index (χ0n) is 41.7. The molecule has 0 aromatic rings. The maximum absolute atomic E-state index is 12.8. The summed E-state index contributed by atoms with van der Waals surface area (Å²) in [6.45, 7) is 4.54. The monoisotopic (exact) mass is 886 g/mol. The van der Waals surface area contributed by atoms with Gasteiger partial charge in [0.15, 0.2) is 6.10 Å². The Morgan fingerprint density at radius 2 is 0.889 bits per heavy atom. The fourth-order valence-electron chi connectivity index (χ4n) is 7.71. The molecule has 8 nitrogen and oxygen atoms in total. The van der Waals surface area contributed by atoms with Crippen molar-refractivity contribution in [2.24, 2.45) is 0 Å². The molecule has 0 spiro atoms. The minimum Gasteiger partial charge on any atom is -0.544 e. The highest BCUT2D eigenvalue weighted by Gasteiger charge is 2.25. The normalized spacial score (nSPS) is 13.2. The standard InChI is InChI=1S/C55H99NO7/c1-6-8-10-12-14-16-18-20-22-24-25-26-27-28-29-30-32-33-35-37-39-41-43-45-53(57)62-50-51(49-61-48-47-52(55(59)60)56(3,4)5)63-54(58)46-44-42-40-38-36-34-31-23-21-19-17-15-13-11-9-7-2/h9,11,15,17,21,23,34,36,51-52H,6-8,10,12-14,16,18-20,22,24-33,35,37-50H2,1-5H3/b11-9+,17-15+,23-21+,36-34+. The van der Waals surface area contributed by atoms with Crippen LogP contribution in [0.4, 0.5) is 0 Å². The molecule has 0 aliphatic rings. The quantitative estimate of drug-likeness (QED) is 0.0259. The molecule has 0 bridgehead atoms. The number of allylic oxidation sites excluding steroid dienone is 8. The van der Waals surface area contributed by atoms with Crippen molar-refractivity contribution in [3.05, 3.63) is 48.6 Å². The average Bonchev–Trinajstić information content (AvgIpc) is 3.24. The van der Waals surface area contributed by atoms with E-state index in [2.05, 4.69) is 62.5 Å². The highest BCUT2D eigenvalue weighted by molar-refractivity contribution is 5.70. The van der Waals surface area contributed by atoms with E-state index in [0.29, 0.717) is 6.42 Å². The molecule has 0 rings (SSSR count). The molecule has 0 saturated heterocycles. The van der Waals surface area contributed by atoms with Crippen molar-refractivity contribution in [1.29, 1.82) is 0 Å². The van der Waals surface area contributed by atoms with Crippen LogP contribution in [0.15, 0.2) is 48.6 Å². The van der Waals surface area contributed by atoms with Crippen LogP contribution in [0.3, 0.4) is 0 Å². The Hall–Kier alpha value is -2.71. The molecule has 0 N–H and O–H groups in total. The predicted molar refractivity (Wildman–Crippen MR) is 263 cm³/mol. The number of rotatable bonds is 47. The average molecular weight is 886 g/mol. The summed E-state index contributed by atoms with van der Waals surface area (Å²) in [4.78, 5) is 37.0. The Bertz CT molecular complexity index is 1170. The fourth-order valence-corrected chi connectivity index (χ4v) is 7.71. The number of hydrogen-bond acceptors (Lipinski definition) is 7. The summed E-state index contributed by atoms with van der Waals surface area (Å²) in [5, 5.41) is 11.7. The molecule has 0 fully saturated rings. The molecule has 2 unspecified atom stereocenters. The van der Waals surface area contributed by atoms with Crippen LogP contribution in [0.5, 0.6) is 0 Å². The lowest BCUT2D eigenvalue weighted by atomic mass is 10.0. The SMILES string of the molecule is CC/C=C/C/C=C/C/C=C/C/C=C/CCCCCC(=O)OC(COCCC(C(=O)[O-])[N+](C)(C)C)COC(=O)CCCCCCCCCCCCCCCCCCCCCCCCC. The molecule has 2 atom stereocenters. The van der Waals surface area contributed by atoms with Gasteiger partial charge >= 0.3 is 11.9 Å². The van der Waals surface area contributed by atoms with Gasteiger partial charge < -0.3 is 28.6 Å². The first kappa shape index (κ1) is 60.3. The largest absolute Gasteiger partial charge is 0.544 e. The third-order valence-electron chi connectivity index (χ3n) is 11.7. The molecule has 0 saturated carbocycles. The summed E-state index contributed by atoms with van der Waals surface area (Å²) >= 11 is 0. The molecule has 0 aliphatic carbocycles. The third-order valence-corrected chi connectivity index (χ3v) is 11.7. The van der Waals surface area contributed by atoms with E-state index in [-0.39, 0.29) is 49.1 Å². The highest BCUT2D eigenvalue weighted by Crippen LogP contribution is 2.16. The molecule has 0 radical (unpaired) electrons. The van der Waals surface area contributed by atoms with Gasteiger partial charge in [-0.3, -0.25) is 9.59 Å². The van der Waals surface area contributed by atoms with Crippen molar-refractivity contribution in [1.82, 2.24) is 0 Å². The van der Waals surface area contributed by atoms with E-state index in [0.717, 1.165) is 70.6 Å². The molecule has 0 heterocycles. The summed E-state index contributed by atoms with van der Waals surface area (Å²) in [5.74, 6) is -1.77. The number of carbonyl (C=O) groups excluding carboxylic acids is 3. The maximum Gasteiger partial charge on any atom is 0.306 e. The van der Waals surface area contributed by atoms with Crippen molar-refractivity contribution in [2.45, 2.75) is 244 Å². The van der Waals surface area contributed by atoms with Crippen molar-refractivity contribution in [3.8, 4) is 0 Å². The predicted octanol–water partition coefficient (Wildman–Crippen LogP) is 13.8. The molecule has 63 heavy (non-hydrogen) atoms. The van der Waals surface area contributed by atoms with E-state index in [1.54, 1.807) is 21.1 Å². The first-order chi connectivity index (χ1) is 30.6. The van der Waals surface area contributed by atoms with Gasteiger partial charge in [-0.15, -0.1) is 0 Å². The van der Waals surface area contributed by atoms with Crippen LogP contribution >= 0.6 is 0 Å². The summed E-state index contributed by atoms with van der Waals surface area (Å²) in [6.07, 6.45) is 55.8. The van der Waals surface area contributed by atoms with Gasteiger partial charge in [0.1, 0.15) is 12.6 Å². The summed E-state index contributed by atoms with van der Waals surface area (Å²) in [7, 11) is 5.41. The van der Waals surface area contributed by atoms with Crippen LogP contribution in [-0.2, 0) is 28.6 Å². The zero-order valence-corrected chi connectivity index (χ0v) is 41.7. The van der Waals surface area contributed by atoms with E-state index in [1.807, 2.05) is 0 Å². The van der Waals surface area contributed by atoms with Gasteiger partial charge in [0.05, 0.1) is 40.3 Å². The Balaban J connectivity index is 4.20. The molecule has 0 amide bonds. The Morgan fingerprint density at radius 1 is 0.492 bits per heavy atom. The molecule has 8 heteroatoms. The van der Waals surface area contributed by atoms with Crippen molar-refractivity contribution in [3.63, 3.8) is 0 Å². The second-order valence-electron chi connectivity index (χ2n) is 18.7. The second-order valence-corrected chi connectivity index (χ2v) is 18.7. The molecule has 366 valence electrons. The van der Waals surface area contributed by atoms with E-state index in [9.17, 15) is 19.5 Å². The number of quaternary nitrogens is 1. The van der Waals surface area contributed by atoms with E-state index in [1.165, 1.54) is 128 Å². The minimum atomic E-state index is -1.13. The first-order valence-electron chi connectivity index (χ1n) is 26.2. The number of esters is 2. The smallest absolute Gasteiger partial charge is 0.306 e. The van der Waals surface area contributed by atoms with Crippen molar-refractivity contribution >= 4 is 17.9 Å². The van der Waals surface area contributed by atoms with Gasteiger partial charge in [0.25, 0.3) is 0 Å². The third kappa shape index (κ3) is 44.3. The van der Waals surface area contributed by atoms with E-state index in [4.69, 9.17) is 14.2 Å². The number of unbranched alkanes of at least 4 members (excludes halogenated alkanes) is 25. The number of aliphatic carboxylic acids is 1. The van der Waals surface area contributed by atoms with Gasteiger partial charge in [-0.05, 0) is 51.4 Å². The van der Waals surface area contributed by atoms with Crippen LogP contribution in [0.2, 0.25) is 0 Å². The lowest BCUT2D eigenvalue weighted by molar-refractivity contribution is -0.889. The van der Waals surface area contributed by atoms with E-state index < -0.39 is 18.1 Å². The first-order valence-corrected chi connectivity index (χ1v) is 26.2. The Morgan fingerprint density at radius 3 is 1.32 bits per heavy atom. The molecule has 0 aliphatic heterocycles. The molecule has 0 aromatic carbocycles. The molecular weight excluding hydrogens is 787 g/mol.